The molecule has 2 rings (SSSR count). The molecular formula is C10H13N5S2. The quantitative estimate of drug-likeness (QED) is 0.774. The fraction of sp³-hybridized carbons (Fsp3) is 0.300. The van der Waals surface area contributed by atoms with Crippen LogP contribution in [0.15, 0.2) is 28.9 Å². The molecule has 0 aromatic carbocycles. The molecule has 2 aromatic heterocycles. The Bertz CT molecular complexity index is 445. The Morgan fingerprint density at radius 3 is 3.12 bits per heavy atom. The van der Waals surface area contributed by atoms with Crippen LogP contribution in [0.1, 0.15) is 5.56 Å². The van der Waals surface area contributed by atoms with Gasteiger partial charge in [0.1, 0.15) is 0 Å². The van der Waals surface area contributed by atoms with Crippen molar-refractivity contribution >= 4 is 28.2 Å². The first-order valence-corrected chi connectivity index (χ1v) is 6.98. The maximum atomic E-state index is 5.43. The first-order valence-electron chi connectivity index (χ1n) is 5.17. The number of nitrogens with zero attached hydrogens (tertiary/aromatic N) is 3. The molecule has 17 heavy (non-hydrogen) atoms. The van der Waals surface area contributed by atoms with Crippen molar-refractivity contribution in [1.29, 1.82) is 0 Å². The van der Waals surface area contributed by atoms with Gasteiger partial charge in [0.2, 0.25) is 5.13 Å². The third-order valence-electron chi connectivity index (χ3n) is 1.92. The molecule has 0 unspecified atom stereocenters. The molecule has 0 radical (unpaired) electrons. The normalized spacial score (nSPS) is 10.4. The summed E-state index contributed by atoms with van der Waals surface area (Å²) in [6, 6.07) is 3.94. The van der Waals surface area contributed by atoms with Crippen molar-refractivity contribution in [1.82, 2.24) is 15.2 Å². The Morgan fingerprint density at radius 1 is 1.41 bits per heavy atom. The second-order valence-corrected chi connectivity index (χ2v) is 5.54. The van der Waals surface area contributed by atoms with Gasteiger partial charge in [0, 0.05) is 31.2 Å². The Morgan fingerprint density at radius 2 is 2.35 bits per heavy atom. The number of hydrogen-bond donors (Lipinski definition) is 2. The number of anilines is 1. The smallest absolute Gasteiger partial charge is 0.206 e. The molecule has 0 fully saturated rings. The van der Waals surface area contributed by atoms with Gasteiger partial charge in [0.05, 0.1) is 0 Å². The lowest BCUT2D eigenvalue weighted by atomic mass is 10.3. The monoisotopic (exact) mass is 267 g/mol. The zero-order valence-corrected chi connectivity index (χ0v) is 10.8. The number of nitrogens with one attached hydrogen (secondary N) is 1. The molecule has 0 bridgehead atoms. The van der Waals surface area contributed by atoms with Gasteiger partial charge < -0.3 is 11.1 Å². The lowest BCUT2D eigenvalue weighted by Crippen LogP contribution is -2.00. The predicted molar refractivity (Wildman–Crippen MR) is 71.3 cm³/mol. The van der Waals surface area contributed by atoms with E-state index < -0.39 is 0 Å². The molecule has 90 valence electrons. The summed E-state index contributed by atoms with van der Waals surface area (Å²) in [7, 11) is 0. The average molecular weight is 267 g/mol. The van der Waals surface area contributed by atoms with Gasteiger partial charge in [-0.25, -0.2) is 0 Å². The third kappa shape index (κ3) is 3.95. The molecule has 0 spiro atoms. The van der Waals surface area contributed by atoms with Crippen molar-refractivity contribution in [2.24, 2.45) is 5.73 Å². The maximum Gasteiger partial charge on any atom is 0.206 e. The maximum absolute atomic E-state index is 5.43. The SMILES string of the molecule is NCCSc1nnc(NCc2cccnc2)s1. The van der Waals surface area contributed by atoms with Gasteiger partial charge >= 0.3 is 0 Å². The standard InChI is InChI=1S/C10H13N5S2/c11-3-5-16-10-15-14-9(17-10)13-7-8-2-1-4-12-6-8/h1-2,4,6H,3,5,7,11H2,(H,13,14). The minimum Gasteiger partial charge on any atom is -0.356 e. The highest BCUT2D eigenvalue weighted by Crippen LogP contribution is 2.25. The van der Waals surface area contributed by atoms with Crippen LogP contribution >= 0.6 is 23.1 Å². The van der Waals surface area contributed by atoms with Crippen LogP contribution in [0.3, 0.4) is 0 Å². The van der Waals surface area contributed by atoms with Crippen molar-refractivity contribution in [3.05, 3.63) is 30.1 Å². The lowest BCUT2D eigenvalue weighted by molar-refractivity contribution is 0.991. The van der Waals surface area contributed by atoms with Crippen LogP contribution in [0.25, 0.3) is 0 Å². The molecule has 0 aliphatic heterocycles. The fourth-order valence-electron chi connectivity index (χ4n) is 1.17. The van der Waals surface area contributed by atoms with Gasteiger partial charge in [-0.1, -0.05) is 29.2 Å². The van der Waals surface area contributed by atoms with E-state index in [2.05, 4.69) is 20.5 Å². The zero-order chi connectivity index (χ0) is 11.9. The molecule has 0 aliphatic rings. The Labute approximate surface area is 108 Å². The Balaban J connectivity index is 1.85. The highest BCUT2D eigenvalue weighted by Gasteiger charge is 2.03. The molecule has 0 saturated heterocycles. The van der Waals surface area contributed by atoms with Gasteiger partial charge in [0.15, 0.2) is 4.34 Å². The first-order chi connectivity index (χ1) is 8.38. The van der Waals surface area contributed by atoms with E-state index in [-0.39, 0.29) is 0 Å². The molecule has 0 atom stereocenters. The van der Waals surface area contributed by atoms with E-state index in [0.717, 1.165) is 20.8 Å². The summed E-state index contributed by atoms with van der Waals surface area (Å²) in [6.07, 6.45) is 3.59. The summed E-state index contributed by atoms with van der Waals surface area (Å²) in [5.74, 6) is 0.872. The number of pyridine rings is 1. The van der Waals surface area contributed by atoms with Crippen LogP contribution in [0.2, 0.25) is 0 Å². The molecule has 2 heterocycles. The molecule has 0 saturated carbocycles. The molecule has 0 aliphatic carbocycles. The number of hydrogen-bond acceptors (Lipinski definition) is 7. The van der Waals surface area contributed by atoms with E-state index in [0.29, 0.717) is 13.1 Å². The van der Waals surface area contributed by atoms with Gasteiger partial charge in [0.25, 0.3) is 0 Å². The van der Waals surface area contributed by atoms with Gasteiger partial charge in [-0.05, 0) is 11.6 Å². The van der Waals surface area contributed by atoms with Crippen LogP contribution in [0.4, 0.5) is 5.13 Å². The van der Waals surface area contributed by atoms with E-state index >= 15 is 0 Å². The van der Waals surface area contributed by atoms with Crippen LogP contribution in [-0.2, 0) is 6.54 Å². The Kier molecular flexibility index (Phi) is 4.72. The molecular weight excluding hydrogens is 254 g/mol. The van der Waals surface area contributed by atoms with Crippen LogP contribution in [0, 0.1) is 0 Å². The number of thioether (sulfide) groups is 1. The molecule has 7 heteroatoms. The number of rotatable bonds is 6. The van der Waals surface area contributed by atoms with Crippen molar-refractivity contribution < 1.29 is 0 Å². The van der Waals surface area contributed by atoms with Crippen molar-refractivity contribution in [3.63, 3.8) is 0 Å². The van der Waals surface area contributed by atoms with Crippen LogP contribution in [-0.4, -0.2) is 27.5 Å². The van der Waals surface area contributed by atoms with Gasteiger partial charge in [-0.15, -0.1) is 10.2 Å². The minimum atomic E-state index is 0.655. The van der Waals surface area contributed by atoms with E-state index in [9.17, 15) is 0 Å². The van der Waals surface area contributed by atoms with Crippen molar-refractivity contribution in [2.45, 2.75) is 10.9 Å². The summed E-state index contributed by atoms with van der Waals surface area (Å²) in [4.78, 5) is 4.05. The van der Waals surface area contributed by atoms with E-state index in [1.165, 1.54) is 0 Å². The fourth-order valence-corrected chi connectivity index (χ4v) is 2.75. The third-order valence-corrected chi connectivity index (χ3v) is 3.96. The number of nitrogens with two attached hydrogens (primary N) is 1. The largest absolute Gasteiger partial charge is 0.356 e. The second kappa shape index (κ2) is 6.53. The first kappa shape index (κ1) is 12.3. The van der Waals surface area contributed by atoms with E-state index in [4.69, 9.17) is 5.73 Å². The van der Waals surface area contributed by atoms with E-state index in [1.54, 1.807) is 29.3 Å². The minimum absolute atomic E-state index is 0.655. The average Bonchev–Trinajstić information content (AvgIpc) is 2.83. The Hall–Kier alpha value is -1.18. The van der Waals surface area contributed by atoms with Crippen molar-refractivity contribution in [3.8, 4) is 0 Å². The van der Waals surface area contributed by atoms with Crippen LogP contribution in [0.5, 0.6) is 0 Å². The highest BCUT2D eigenvalue weighted by molar-refractivity contribution is 8.01. The van der Waals surface area contributed by atoms with Gasteiger partial charge in [-0.2, -0.15) is 0 Å². The lowest BCUT2D eigenvalue weighted by Gasteiger charge is -2.00. The van der Waals surface area contributed by atoms with Crippen molar-refractivity contribution in [2.75, 3.05) is 17.6 Å². The van der Waals surface area contributed by atoms with Gasteiger partial charge in [-0.3, -0.25) is 4.98 Å². The molecule has 0 amide bonds. The summed E-state index contributed by atoms with van der Waals surface area (Å²) in [5.41, 5.74) is 6.55. The predicted octanol–water partition coefficient (Wildman–Crippen LogP) is 1.60. The molecule has 2 aromatic rings. The summed E-state index contributed by atoms with van der Waals surface area (Å²) in [6.45, 7) is 1.37. The van der Waals surface area contributed by atoms with Crippen LogP contribution < -0.4 is 11.1 Å². The molecule has 3 N–H and O–H groups in total. The summed E-state index contributed by atoms with van der Waals surface area (Å²) < 4.78 is 0.948. The molecule has 5 nitrogen and oxygen atoms in total. The topological polar surface area (TPSA) is 76.7 Å². The zero-order valence-electron chi connectivity index (χ0n) is 9.17. The summed E-state index contributed by atoms with van der Waals surface area (Å²) >= 11 is 3.18. The second-order valence-electron chi connectivity index (χ2n) is 3.23. The summed E-state index contributed by atoms with van der Waals surface area (Å²) in [5, 5.41) is 12.2. The number of aromatic nitrogens is 3. The van der Waals surface area contributed by atoms with E-state index in [1.807, 2.05) is 18.3 Å². The highest BCUT2D eigenvalue weighted by atomic mass is 32.2.